The Labute approximate surface area is 280 Å². The zero-order valence-corrected chi connectivity index (χ0v) is 26.2. The average Bonchev–Trinajstić information content (AvgIpc) is 3.67. The molecule has 49 heavy (non-hydrogen) atoms. The van der Waals surface area contributed by atoms with Gasteiger partial charge in [-0.2, -0.15) is 0 Å². The number of benzene rings is 7. The summed E-state index contributed by atoms with van der Waals surface area (Å²) in [6, 6.07) is 55.5. The third-order valence-electron chi connectivity index (χ3n) is 9.93. The Hall–Kier alpha value is -6.72. The minimum Gasteiger partial charge on any atom is -0.456 e. The second kappa shape index (κ2) is 9.89. The van der Waals surface area contributed by atoms with Gasteiger partial charge in [-0.3, -0.25) is 4.57 Å². The van der Waals surface area contributed by atoms with Gasteiger partial charge in [-0.05, 0) is 83.9 Å². The number of para-hydroxylation sites is 4. The van der Waals surface area contributed by atoms with Crippen LogP contribution in [0.25, 0.3) is 88.5 Å². The van der Waals surface area contributed by atoms with Crippen molar-refractivity contribution in [2.24, 2.45) is 0 Å². The maximum Gasteiger partial charge on any atom is 0.235 e. The summed E-state index contributed by atoms with van der Waals surface area (Å²) < 4.78 is 10.8. The molecule has 1 aliphatic rings. The van der Waals surface area contributed by atoms with E-state index in [2.05, 4.69) is 130 Å². The summed E-state index contributed by atoms with van der Waals surface area (Å²) in [4.78, 5) is 10.4. The molecule has 0 radical (unpaired) electrons. The Kier molecular flexibility index (Phi) is 5.32. The Morgan fingerprint density at radius 2 is 1.02 bits per heavy atom. The zero-order valence-electron chi connectivity index (χ0n) is 26.2. The van der Waals surface area contributed by atoms with Gasteiger partial charge in [-0.15, -0.1) is 0 Å². The highest BCUT2D eigenvalue weighted by Gasteiger charge is 2.24. The van der Waals surface area contributed by atoms with Crippen molar-refractivity contribution in [3.63, 3.8) is 0 Å². The van der Waals surface area contributed by atoms with Crippen molar-refractivity contribution >= 4 is 54.5 Å². The number of fused-ring (bicyclic) bond motifs is 8. The van der Waals surface area contributed by atoms with Crippen LogP contribution >= 0.6 is 0 Å². The van der Waals surface area contributed by atoms with E-state index in [4.69, 9.17) is 14.7 Å². The molecule has 0 fully saturated rings. The van der Waals surface area contributed by atoms with Crippen molar-refractivity contribution < 1.29 is 4.74 Å². The largest absolute Gasteiger partial charge is 0.456 e. The summed E-state index contributed by atoms with van der Waals surface area (Å²) in [7, 11) is 0. The Morgan fingerprint density at radius 1 is 0.429 bits per heavy atom. The molecule has 0 saturated heterocycles. The lowest BCUT2D eigenvalue weighted by atomic mass is 10.0. The van der Waals surface area contributed by atoms with Gasteiger partial charge in [0.2, 0.25) is 5.95 Å². The summed E-state index contributed by atoms with van der Waals surface area (Å²) in [5, 5.41) is 5.75. The Balaban J connectivity index is 1.12. The van der Waals surface area contributed by atoms with Crippen LogP contribution < -0.4 is 4.74 Å². The van der Waals surface area contributed by atoms with Gasteiger partial charge >= 0.3 is 0 Å². The maximum atomic E-state index is 6.26. The van der Waals surface area contributed by atoms with E-state index in [0.717, 1.165) is 61.2 Å². The molecule has 0 atom stereocenters. The van der Waals surface area contributed by atoms with Gasteiger partial charge in [0.05, 0.1) is 38.7 Å². The monoisotopic (exact) mass is 626 g/mol. The van der Waals surface area contributed by atoms with E-state index in [1.54, 1.807) is 0 Å². The topological polar surface area (TPSA) is 44.9 Å². The van der Waals surface area contributed by atoms with Crippen LogP contribution in [-0.2, 0) is 0 Å². The molecule has 3 aromatic heterocycles. The molecular formula is C44H26N4O. The van der Waals surface area contributed by atoms with E-state index < -0.39 is 0 Å². The van der Waals surface area contributed by atoms with Gasteiger partial charge in [0.1, 0.15) is 11.5 Å². The number of hydrogen-bond donors (Lipinski definition) is 0. The van der Waals surface area contributed by atoms with E-state index in [0.29, 0.717) is 5.95 Å². The van der Waals surface area contributed by atoms with Gasteiger partial charge in [-0.1, -0.05) is 84.9 Å². The van der Waals surface area contributed by atoms with Gasteiger partial charge in [-0.25, -0.2) is 9.97 Å². The molecule has 11 rings (SSSR count). The van der Waals surface area contributed by atoms with E-state index in [1.165, 1.54) is 32.9 Å². The summed E-state index contributed by atoms with van der Waals surface area (Å²) in [5.41, 5.74) is 10.8. The molecule has 0 aliphatic carbocycles. The van der Waals surface area contributed by atoms with Crippen molar-refractivity contribution in [2.75, 3.05) is 0 Å². The van der Waals surface area contributed by atoms with Crippen LogP contribution in [0.2, 0.25) is 0 Å². The second-order valence-electron chi connectivity index (χ2n) is 12.6. The van der Waals surface area contributed by atoms with Crippen molar-refractivity contribution in [1.82, 2.24) is 19.1 Å². The lowest BCUT2D eigenvalue weighted by Gasteiger charge is -2.20. The predicted octanol–water partition coefficient (Wildman–Crippen LogP) is 11.3. The maximum absolute atomic E-state index is 6.26. The summed E-state index contributed by atoms with van der Waals surface area (Å²) in [6.45, 7) is 0. The Morgan fingerprint density at radius 3 is 1.78 bits per heavy atom. The predicted molar refractivity (Wildman–Crippen MR) is 199 cm³/mol. The molecule has 228 valence electrons. The molecule has 7 aromatic carbocycles. The number of hydrogen-bond acceptors (Lipinski definition) is 3. The molecule has 1 aliphatic heterocycles. The smallest absolute Gasteiger partial charge is 0.235 e. The van der Waals surface area contributed by atoms with E-state index in [1.807, 2.05) is 36.4 Å². The third kappa shape index (κ3) is 3.75. The van der Waals surface area contributed by atoms with E-state index >= 15 is 0 Å². The number of ether oxygens (including phenoxy) is 1. The van der Waals surface area contributed by atoms with Crippen molar-refractivity contribution in [2.45, 2.75) is 0 Å². The molecular weight excluding hydrogens is 601 g/mol. The molecule has 0 spiro atoms. The van der Waals surface area contributed by atoms with Gasteiger partial charge in [0.25, 0.3) is 0 Å². The number of aromatic nitrogens is 4. The van der Waals surface area contributed by atoms with E-state index in [-0.39, 0.29) is 0 Å². The average molecular weight is 627 g/mol. The first kappa shape index (κ1) is 26.4. The summed E-state index contributed by atoms with van der Waals surface area (Å²) >= 11 is 0. The van der Waals surface area contributed by atoms with Gasteiger partial charge < -0.3 is 9.30 Å². The SMILES string of the molecule is c1ccc(-n2c3ccccc3c3cc(-c4ccc5c(c4)c4ccccc4n5-c4nc5c6c(cccc6n4)Oc4ccccc4-5)ccc32)cc1. The number of nitrogens with zero attached hydrogens (tertiary/aromatic N) is 4. The lowest BCUT2D eigenvalue weighted by molar-refractivity contribution is 0.486. The molecule has 0 saturated carbocycles. The fraction of sp³-hybridized carbons (Fsp3) is 0. The minimum atomic E-state index is 0.644. The highest BCUT2D eigenvalue weighted by atomic mass is 16.5. The normalized spacial score (nSPS) is 12.2. The molecule has 4 heterocycles. The van der Waals surface area contributed by atoms with Crippen LogP contribution in [0.5, 0.6) is 11.5 Å². The van der Waals surface area contributed by atoms with E-state index in [9.17, 15) is 0 Å². The first-order valence-electron chi connectivity index (χ1n) is 16.5. The van der Waals surface area contributed by atoms with Crippen LogP contribution in [0.15, 0.2) is 158 Å². The first-order chi connectivity index (χ1) is 24.3. The van der Waals surface area contributed by atoms with Crippen LogP contribution in [0.3, 0.4) is 0 Å². The Bertz CT molecular complexity index is 2970. The molecule has 0 bridgehead atoms. The third-order valence-corrected chi connectivity index (χ3v) is 9.93. The van der Waals surface area contributed by atoms with Crippen molar-refractivity contribution in [3.05, 3.63) is 158 Å². The minimum absolute atomic E-state index is 0.644. The quantitative estimate of drug-likeness (QED) is 0.196. The fourth-order valence-electron chi connectivity index (χ4n) is 7.76. The van der Waals surface area contributed by atoms with Crippen LogP contribution in [-0.4, -0.2) is 19.1 Å². The highest BCUT2D eigenvalue weighted by Crippen LogP contribution is 2.46. The highest BCUT2D eigenvalue weighted by molar-refractivity contribution is 6.13. The van der Waals surface area contributed by atoms with Gasteiger partial charge in [0.15, 0.2) is 0 Å². The lowest BCUT2D eigenvalue weighted by Crippen LogP contribution is -2.06. The number of rotatable bonds is 3. The summed E-state index contributed by atoms with van der Waals surface area (Å²) in [6.07, 6.45) is 0. The zero-order chi connectivity index (χ0) is 32.1. The molecule has 5 nitrogen and oxygen atoms in total. The second-order valence-corrected chi connectivity index (χ2v) is 12.6. The van der Waals surface area contributed by atoms with Crippen molar-refractivity contribution in [3.8, 4) is 45.5 Å². The molecule has 0 amide bonds. The molecule has 5 heteroatoms. The molecule has 0 unspecified atom stereocenters. The van der Waals surface area contributed by atoms with Gasteiger partial charge in [0, 0.05) is 32.8 Å². The molecule has 10 aromatic rings. The summed E-state index contributed by atoms with van der Waals surface area (Å²) in [5.74, 6) is 2.24. The first-order valence-corrected chi connectivity index (χ1v) is 16.5. The standard InChI is InChI=1S/C44H26N4O/c1-2-11-29(12-3-1)47-36-17-7-4-13-30(36)33-25-27(21-23-38(33)47)28-22-24-39-34(26-28)31-14-5-8-18-37(31)48(39)44-45-35-16-10-20-41-42(35)43(46-44)32-15-6-9-19-40(32)49-41/h1-26H. The van der Waals surface area contributed by atoms with Crippen LogP contribution in [0.1, 0.15) is 0 Å². The molecule has 0 N–H and O–H groups in total. The fourth-order valence-corrected chi connectivity index (χ4v) is 7.76. The van der Waals surface area contributed by atoms with Crippen molar-refractivity contribution in [1.29, 1.82) is 0 Å². The van der Waals surface area contributed by atoms with Crippen LogP contribution in [0.4, 0.5) is 0 Å². The van der Waals surface area contributed by atoms with Crippen LogP contribution in [0, 0.1) is 0 Å².